The summed E-state index contributed by atoms with van der Waals surface area (Å²) >= 11 is 0. The van der Waals surface area contributed by atoms with E-state index in [2.05, 4.69) is 15.3 Å². The van der Waals surface area contributed by atoms with E-state index in [9.17, 15) is 9.59 Å². The van der Waals surface area contributed by atoms with Crippen molar-refractivity contribution in [1.29, 1.82) is 0 Å². The van der Waals surface area contributed by atoms with Crippen LogP contribution in [0.5, 0.6) is 0 Å². The van der Waals surface area contributed by atoms with Crippen LogP contribution in [0.1, 0.15) is 34.2 Å². The van der Waals surface area contributed by atoms with Crippen molar-refractivity contribution >= 4 is 33.8 Å². The Bertz CT molecular complexity index is 1300. The molecule has 1 fully saturated rings. The lowest BCUT2D eigenvalue weighted by Gasteiger charge is -2.17. The molecule has 1 atom stereocenters. The molecule has 0 spiro atoms. The van der Waals surface area contributed by atoms with Gasteiger partial charge < -0.3 is 19.9 Å². The minimum absolute atomic E-state index is 0.00158. The van der Waals surface area contributed by atoms with Crippen molar-refractivity contribution < 1.29 is 14.3 Å². The molecule has 0 saturated carbocycles. The summed E-state index contributed by atoms with van der Waals surface area (Å²) in [6.45, 7) is 1.45. The van der Waals surface area contributed by atoms with E-state index in [-0.39, 0.29) is 30.9 Å². The summed E-state index contributed by atoms with van der Waals surface area (Å²) in [6, 6.07) is 17.3. The van der Waals surface area contributed by atoms with Gasteiger partial charge in [0.2, 0.25) is 5.91 Å². The highest BCUT2D eigenvalue weighted by molar-refractivity contribution is 6.06. The number of para-hydroxylation sites is 3. The average Bonchev–Trinajstić information content (AvgIpc) is 3.50. The van der Waals surface area contributed by atoms with Crippen molar-refractivity contribution in [3.05, 3.63) is 71.7 Å². The number of benzene rings is 2. The molecule has 1 unspecified atom stereocenters. The third-order valence-corrected chi connectivity index (χ3v) is 6.07. The lowest BCUT2D eigenvalue weighted by atomic mass is 9.99. The Morgan fingerprint density at radius 1 is 1.12 bits per heavy atom. The van der Waals surface area contributed by atoms with E-state index in [1.807, 2.05) is 54.6 Å². The predicted octanol–water partition coefficient (Wildman–Crippen LogP) is 3.00. The quantitative estimate of drug-likeness (QED) is 0.477. The predicted molar refractivity (Wildman–Crippen MR) is 125 cm³/mol. The molecule has 33 heavy (non-hydrogen) atoms. The lowest BCUT2D eigenvalue weighted by Crippen LogP contribution is -2.32. The first-order chi connectivity index (χ1) is 16.1. The number of amides is 2. The highest BCUT2D eigenvalue weighted by Gasteiger charge is 2.29. The molecule has 8 heteroatoms. The summed E-state index contributed by atoms with van der Waals surface area (Å²) in [6.07, 6.45) is 0.799. The molecule has 168 valence electrons. The Balaban J connectivity index is 1.23. The number of carbonyl (C=O) groups is 2. The second kappa shape index (κ2) is 8.99. The van der Waals surface area contributed by atoms with E-state index in [4.69, 9.17) is 9.72 Å². The van der Waals surface area contributed by atoms with Crippen LogP contribution in [0.15, 0.2) is 54.6 Å². The molecule has 2 N–H and O–H groups in total. The van der Waals surface area contributed by atoms with Gasteiger partial charge in [0.25, 0.3) is 5.91 Å². The van der Waals surface area contributed by atoms with Crippen LogP contribution in [0, 0.1) is 0 Å². The molecule has 2 aromatic heterocycles. The number of H-pyrrole nitrogens is 1. The van der Waals surface area contributed by atoms with Crippen LogP contribution in [-0.4, -0.2) is 58.4 Å². The Hall–Kier alpha value is -3.78. The monoisotopic (exact) mass is 443 g/mol. The van der Waals surface area contributed by atoms with Gasteiger partial charge in [0.05, 0.1) is 22.1 Å². The Morgan fingerprint density at radius 2 is 1.91 bits per heavy atom. The Kier molecular flexibility index (Phi) is 5.75. The fourth-order valence-corrected chi connectivity index (χ4v) is 4.36. The first-order valence-corrected chi connectivity index (χ1v) is 11.0. The molecule has 8 nitrogen and oxygen atoms in total. The second-order valence-corrected chi connectivity index (χ2v) is 8.21. The van der Waals surface area contributed by atoms with Crippen LogP contribution in [0.4, 0.5) is 0 Å². The van der Waals surface area contributed by atoms with Crippen LogP contribution in [-0.2, 0) is 16.1 Å². The van der Waals surface area contributed by atoms with E-state index in [1.165, 1.54) is 0 Å². The molecule has 1 aliphatic heterocycles. The van der Waals surface area contributed by atoms with E-state index < -0.39 is 0 Å². The Labute approximate surface area is 191 Å². The van der Waals surface area contributed by atoms with Gasteiger partial charge in [0.15, 0.2) is 0 Å². The minimum Gasteiger partial charge on any atom is -0.364 e. The summed E-state index contributed by atoms with van der Waals surface area (Å²) < 4.78 is 5.63. The fraction of sp³-hybridized carbons (Fsp3) is 0.280. The maximum Gasteiger partial charge on any atom is 0.251 e. The number of hydrogen-bond acceptors (Lipinski definition) is 5. The molecule has 0 radical (unpaired) electrons. The van der Waals surface area contributed by atoms with E-state index in [1.54, 1.807) is 11.9 Å². The van der Waals surface area contributed by atoms with Gasteiger partial charge in [-0.3, -0.25) is 14.6 Å². The van der Waals surface area contributed by atoms with Crippen molar-refractivity contribution in [3.63, 3.8) is 0 Å². The number of fused-ring (bicyclic) bond motifs is 2. The molecule has 4 aromatic rings. The van der Waals surface area contributed by atoms with Crippen LogP contribution < -0.4 is 5.32 Å². The maximum atomic E-state index is 12.7. The van der Waals surface area contributed by atoms with Gasteiger partial charge in [-0.15, -0.1) is 0 Å². The first-order valence-electron chi connectivity index (χ1n) is 11.0. The van der Waals surface area contributed by atoms with Crippen LogP contribution in [0.25, 0.3) is 21.9 Å². The number of pyridine rings is 1. The molecular weight excluding hydrogens is 418 g/mol. The average molecular weight is 444 g/mol. The summed E-state index contributed by atoms with van der Waals surface area (Å²) in [7, 11) is 1.62. The smallest absolute Gasteiger partial charge is 0.251 e. The number of aromatic nitrogens is 3. The maximum absolute atomic E-state index is 12.7. The molecular formula is C25H25N5O3. The number of ether oxygens (including phenoxy) is 1. The normalized spacial score (nSPS) is 15.9. The van der Waals surface area contributed by atoms with E-state index >= 15 is 0 Å². The third-order valence-electron chi connectivity index (χ3n) is 6.07. The second-order valence-electron chi connectivity index (χ2n) is 8.21. The minimum atomic E-state index is -0.139. The van der Waals surface area contributed by atoms with Crippen molar-refractivity contribution in [2.45, 2.75) is 18.9 Å². The van der Waals surface area contributed by atoms with E-state index in [0.29, 0.717) is 24.5 Å². The first kappa shape index (κ1) is 21.1. The van der Waals surface area contributed by atoms with Gasteiger partial charge in [-0.2, -0.15) is 0 Å². The van der Waals surface area contributed by atoms with Crippen LogP contribution >= 0.6 is 0 Å². The number of aromatic amines is 1. The Morgan fingerprint density at radius 3 is 2.73 bits per heavy atom. The van der Waals surface area contributed by atoms with Gasteiger partial charge in [-0.05, 0) is 30.7 Å². The van der Waals surface area contributed by atoms with Gasteiger partial charge in [0.1, 0.15) is 19.0 Å². The number of nitrogens with one attached hydrogen (secondary N) is 2. The SMILES string of the molecule is CNC(=O)c1cc(C2CCN(C(=O)COCc3nc4ccccc4[nH]3)C2)nc2ccccc12. The van der Waals surface area contributed by atoms with E-state index in [0.717, 1.165) is 34.1 Å². The van der Waals surface area contributed by atoms with Crippen LogP contribution in [0.2, 0.25) is 0 Å². The summed E-state index contributed by atoms with van der Waals surface area (Å²) in [5, 5.41) is 3.53. The standard InChI is InChI=1S/C25H25N5O3/c1-26-25(32)18-12-22(27-19-7-3-2-6-17(18)19)16-10-11-30(13-16)24(31)15-33-14-23-28-20-8-4-5-9-21(20)29-23/h2-9,12,16H,10-11,13-15H2,1H3,(H,26,32)(H,28,29). The zero-order chi connectivity index (χ0) is 22.8. The summed E-state index contributed by atoms with van der Waals surface area (Å²) in [4.78, 5) is 39.4. The molecule has 2 amide bonds. The van der Waals surface area contributed by atoms with Crippen molar-refractivity contribution in [1.82, 2.24) is 25.2 Å². The number of carbonyl (C=O) groups excluding carboxylic acids is 2. The fourth-order valence-electron chi connectivity index (χ4n) is 4.36. The van der Waals surface area contributed by atoms with Crippen molar-refractivity contribution in [2.24, 2.45) is 0 Å². The van der Waals surface area contributed by atoms with Gasteiger partial charge >= 0.3 is 0 Å². The largest absolute Gasteiger partial charge is 0.364 e. The highest BCUT2D eigenvalue weighted by Crippen LogP contribution is 2.29. The van der Waals surface area contributed by atoms with Gasteiger partial charge in [-0.1, -0.05) is 30.3 Å². The van der Waals surface area contributed by atoms with Crippen LogP contribution in [0.3, 0.4) is 0 Å². The molecule has 0 aliphatic carbocycles. The number of imidazole rings is 1. The number of likely N-dealkylation sites (tertiary alicyclic amines) is 1. The zero-order valence-electron chi connectivity index (χ0n) is 18.4. The summed E-state index contributed by atoms with van der Waals surface area (Å²) in [5.41, 5.74) is 4.06. The van der Waals surface area contributed by atoms with Gasteiger partial charge in [-0.25, -0.2) is 4.98 Å². The van der Waals surface area contributed by atoms with Crippen molar-refractivity contribution in [3.8, 4) is 0 Å². The third kappa shape index (κ3) is 4.29. The molecule has 3 heterocycles. The van der Waals surface area contributed by atoms with Crippen molar-refractivity contribution in [2.75, 3.05) is 26.7 Å². The molecule has 5 rings (SSSR count). The lowest BCUT2D eigenvalue weighted by molar-refractivity contribution is -0.135. The summed E-state index contributed by atoms with van der Waals surface area (Å²) in [5.74, 6) is 0.586. The van der Waals surface area contributed by atoms with Gasteiger partial charge in [0, 0.05) is 37.1 Å². The molecule has 1 aliphatic rings. The number of nitrogens with zero attached hydrogens (tertiary/aromatic N) is 3. The zero-order valence-corrected chi connectivity index (χ0v) is 18.4. The highest BCUT2D eigenvalue weighted by atomic mass is 16.5. The number of hydrogen-bond donors (Lipinski definition) is 2. The molecule has 0 bridgehead atoms. The number of rotatable bonds is 6. The topological polar surface area (TPSA) is 100 Å². The molecule has 1 saturated heterocycles. The molecule has 2 aromatic carbocycles.